The predicted octanol–water partition coefficient (Wildman–Crippen LogP) is 4.13. The Morgan fingerprint density at radius 2 is 1.88 bits per heavy atom. The van der Waals surface area contributed by atoms with Gasteiger partial charge < -0.3 is 0 Å². The average molecular weight is 382 g/mol. The van der Waals surface area contributed by atoms with Crippen LogP contribution in [0.15, 0.2) is 16.6 Å². The molecule has 0 aromatic heterocycles. The zero-order valence-corrected chi connectivity index (χ0v) is 13.2. The zero-order chi connectivity index (χ0) is 13.1. The van der Waals surface area contributed by atoms with Gasteiger partial charge in [-0.25, -0.2) is 8.42 Å². The first-order valence-electron chi connectivity index (χ1n) is 4.57. The van der Waals surface area contributed by atoms with E-state index in [2.05, 4.69) is 20.7 Å². The Kier molecular flexibility index (Phi) is 5.86. The normalized spacial score (nSPS) is 11.5. The lowest BCUT2D eigenvalue weighted by Crippen LogP contribution is -2.17. The van der Waals surface area contributed by atoms with Crippen LogP contribution in [-0.4, -0.2) is 20.1 Å². The van der Waals surface area contributed by atoms with E-state index in [0.29, 0.717) is 10.9 Å². The molecule has 17 heavy (non-hydrogen) atoms. The topological polar surface area (TPSA) is 46.2 Å². The van der Waals surface area contributed by atoms with Crippen molar-refractivity contribution >= 4 is 66.4 Å². The molecular formula is C9H9BrCl3NO2S. The van der Waals surface area contributed by atoms with Crippen LogP contribution in [0.25, 0.3) is 0 Å². The summed E-state index contributed by atoms with van der Waals surface area (Å²) in [6.07, 6.45) is 0.374. The molecular weight excluding hydrogens is 372 g/mol. The SMILES string of the molecule is O=S(=O)(CCCCl)Nc1ccc(Br)c(Cl)c1Cl. The second-order valence-electron chi connectivity index (χ2n) is 3.19. The second kappa shape index (κ2) is 6.48. The van der Waals surface area contributed by atoms with Crippen LogP contribution in [0.1, 0.15) is 6.42 Å². The van der Waals surface area contributed by atoms with Crippen LogP contribution in [0.3, 0.4) is 0 Å². The number of sulfonamides is 1. The summed E-state index contributed by atoms with van der Waals surface area (Å²) in [5, 5.41) is 0.430. The van der Waals surface area contributed by atoms with E-state index in [1.54, 1.807) is 6.07 Å². The van der Waals surface area contributed by atoms with Crippen molar-refractivity contribution in [3.05, 3.63) is 26.7 Å². The van der Waals surface area contributed by atoms with Crippen LogP contribution >= 0.6 is 50.7 Å². The number of alkyl halides is 1. The smallest absolute Gasteiger partial charge is 0.232 e. The van der Waals surface area contributed by atoms with Crippen molar-refractivity contribution in [2.24, 2.45) is 0 Å². The van der Waals surface area contributed by atoms with Crippen molar-refractivity contribution in [1.29, 1.82) is 0 Å². The number of halogens is 4. The molecule has 0 aliphatic heterocycles. The van der Waals surface area contributed by atoms with Crippen LogP contribution in [0.4, 0.5) is 5.69 Å². The van der Waals surface area contributed by atoms with Crippen molar-refractivity contribution in [1.82, 2.24) is 0 Å². The van der Waals surface area contributed by atoms with Crippen molar-refractivity contribution in [2.45, 2.75) is 6.42 Å². The minimum Gasteiger partial charge on any atom is -0.282 e. The third-order valence-electron chi connectivity index (χ3n) is 1.85. The summed E-state index contributed by atoms with van der Waals surface area (Å²) >= 11 is 20.4. The third kappa shape index (κ3) is 4.48. The van der Waals surface area contributed by atoms with Crippen LogP contribution in [0.2, 0.25) is 10.0 Å². The summed E-state index contributed by atoms with van der Waals surface area (Å²) in [6.45, 7) is 0. The van der Waals surface area contributed by atoms with E-state index >= 15 is 0 Å². The molecule has 0 saturated heterocycles. The average Bonchev–Trinajstić information content (AvgIpc) is 2.27. The Hall–Kier alpha value is 0.320. The lowest BCUT2D eigenvalue weighted by molar-refractivity contribution is 0.600. The Morgan fingerprint density at radius 1 is 1.24 bits per heavy atom. The third-order valence-corrected chi connectivity index (χ3v) is 5.24. The van der Waals surface area contributed by atoms with E-state index in [-0.39, 0.29) is 27.4 Å². The summed E-state index contributed by atoms with van der Waals surface area (Å²) in [7, 11) is -3.44. The minimum absolute atomic E-state index is 0.0550. The Labute approximate surface area is 124 Å². The van der Waals surface area contributed by atoms with Gasteiger partial charge in [0.25, 0.3) is 0 Å². The predicted molar refractivity (Wildman–Crippen MR) is 76.9 cm³/mol. The first-order chi connectivity index (χ1) is 7.87. The maximum atomic E-state index is 11.6. The maximum absolute atomic E-state index is 11.6. The molecule has 1 N–H and O–H groups in total. The first-order valence-corrected chi connectivity index (χ1v) is 8.31. The molecule has 0 unspecified atom stereocenters. The van der Waals surface area contributed by atoms with E-state index in [1.165, 1.54) is 6.07 Å². The highest BCUT2D eigenvalue weighted by molar-refractivity contribution is 9.10. The van der Waals surface area contributed by atoms with Crippen molar-refractivity contribution < 1.29 is 8.42 Å². The van der Waals surface area contributed by atoms with E-state index in [4.69, 9.17) is 34.8 Å². The summed E-state index contributed by atoms with van der Waals surface area (Å²) in [6, 6.07) is 3.16. The van der Waals surface area contributed by atoms with Gasteiger partial charge in [0.1, 0.15) is 0 Å². The summed E-state index contributed by atoms with van der Waals surface area (Å²) < 4.78 is 26.2. The fourth-order valence-electron chi connectivity index (χ4n) is 1.07. The second-order valence-corrected chi connectivity index (χ2v) is 7.02. The Balaban J connectivity index is 2.93. The monoisotopic (exact) mass is 379 g/mol. The summed E-state index contributed by atoms with van der Waals surface area (Å²) in [4.78, 5) is 0. The molecule has 0 aliphatic carbocycles. The van der Waals surface area contributed by atoms with Gasteiger partial charge in [0.2, 0.25) is 10.0 Å². The number of anilines is 1. The quantitative estimate of drug-likeness (QED) is 0.616. The molecule has 0 bridgehead atoms. The lowest BCUT2D eigenvalue weighted by Gasteiger charge is -2.10. The highest BCUT2D eigenvalue weighted by Crippen LogP contribution is 2.36. The summed E-state index contributed by atoms with van der Waals surface area (Å²) in [5.74, 6) is 0.232. The van der Waals surface area contributed by atoms with Gasteiger partial charge in [0.05, 0.1) is 21.5 Å². The van der Waals surface area contributed by atoms with Crippen LogP contribution in [0.5, 0.6) is 0 Å². The first kappa shape index (κ1) is 15.4. The largest absolute Gasteiger partial charge is 0.282 e. The highest BCUT2D eigenvalue weighted by Gasteiger charge is 2.14. The Bertz CT molecular complexity index is 507. The van der Waals surface area contributed by atoms with Crippen molar-refractivity contribution in [3.8, 4) is 0 Å². The molecule has 0 amide bonds. The van der Waals surface area contributed by atoms with E-state index < -0.39 is 10.0 Å². The number of hydrogen-bond acceptors (Lipinski definition) is 2. The minimum atomic E-state index is -3.44. The van der Waals surface area contributed by atoms with Gasteiger partial charge in [-0.2, -0.15) is 0 Å². The van der Waals surface area contributed by atoms with Crippen molar-refractivity contribution in [2.75, 3.05) is 16.4 Å². The molecule has 0 aliphatic rings. The fraction of sp³-hybridized carbons (Fsp3) is 0.333. The molecule has 0 fully saturated rings. The van der Waals surface area contributed by atoms with Gasteiger partial charge in [-0.05, 0) is 34.5 Å². The van der Waals surface area contributed by atoms with Gasteiger partial charge in [0, 0.05) is 10.4 Å². The molecule has 1 aromatic carbocycles. The van der Waals surface area contributed by atoms with Gasteiger partial charge >= 0.3 is 0 Å². The maximum Gasteiger partial charge on any atom is 0.232 e. The molecule has 3 nitrogen and oxygen atoms in total. The molecule has 1 rings (SSSR count). The highest BCUT2D eigenvalue weighted by atomic mass is 79.9. The zero-order valence-electron chi connectivity index (χ0n) is 8.51. The number of hydrogen-bond donors (Lipinski definition) is 1. The van der Waals surface area contributed by atoms with Crippen molar-refractivity contribution in [3.63, 3.8) is 0 Å². The van der Waals surface area contributed by atoms with E-state index in [0.717, 1.165) is 0 Å². The van der Waals surface area contributed by atoms with Crippen LogP contribution < -0.4 is 4.72 Å². The van der Waals surface area contributed by atoms with E-state index in [1.807, 2.05) is 0 Å². The van der Waals surface area contributed by atoms with Gasteiger partial charge in [-0.3, -0.25) is 4.72 Å². The standard InChI is InChI=1S/C9H9BrCl3NO2S/c10-6-2-3-7(9(13)8(6)12)14-17(15,16)5-1-4-11/h2-3,14H,1,4-5H2. The number of rotatable bonds is 5. The molecule has 0 heterocycles. The molecule has 96 valence electrons. The molecule has 0 saturated carbocycles. The number of nitrogens with one attached hydrogen (secondary N) is 1. The van der Waals surface area contributed by atoms with Crippen LogP contribution in [-0.2, 0) is 10.0 Å². The number of benzene rings is 1. The molecule has 0 atom stereocenters. The lowest BCUT2D eigenvalue weighted by atomic mass is 10.3. The summed E-state index contributed by atoms with van der Waals surface area (Å²) in [5.41, 5.74) is 0.259. The van der Waals surface area contributed by atoms with Gasteiger partial charge in [-0.1, -0.05) is 23.2 Å². The molecule has 8 heteroatoms. The van der Waals surface area contributed by atoms with Gasteiger partial charge in [-0.15, -0.1) is 11.6 Å². The molecule has 0 radical (unpaired) electrons. The van der Waals surface area contributed by atoms with Gasteiger partial charge in [0.15, 0.2) is 0 Å². The fourth-order valence-corrected chi connectivity index (χ4v) is 3.37. The van der Waals surface area contributed by atoms with E-state index in [9.17, 15) is 8.42 Å². The van der Waals surface area contributed by atoms with Crippen LogP contribution in [0, 0.1) is 0 Å². The molecule has 1 aromatic rings. The Morgan fingerprint density at radius 3 is 2.47 bits per heavy atom. The molecule has 0 spiro atoms.